The standard InChI is InChI=1S/C16H23ClN2O/c1-12(20)13-5-6-16(15(17)10-13)19-9-8-18-7-3-2-4-14(18)11-19/h5-6,10,12,14,20H,2-4,7-9,11H2,1H3/t12-,14?/m0/s1. The maximum atomic E-state index is 9.62. The molecule has 2 aliphatic rings. The molecule has 2 saturated heterocycles. The molecule has 2 aliphatic heterocycles. The van der Waals surface area contributed by atoms with Gasteiger partial charge in [-0.1, -0.05) is 24.1 Å². The van der Waals surface area contributed by atoms with E-state index in [0.29, 0.717) is 6.04 Å². The van der Waals surface area contributed by atoms with Crippen molar-refractivity contribution in [1.82, 2.24) is 4.90 Å². The average Bonchev–Trinajstić information content (AvgIpc) is 2.46. The van der Waals surface area contributed by atoms with Crippen LogP contribution < -0.4 is 4.90 Å². The summed E-state index contributed by atoms with van der Waals surface area (Å²) in [7, 11) is 0. The molecule has 4 heteroatoms. The first-order valence-corrected chi connectivity index (χ1v) is 7.99. The fourth-order valence-electron chi connectivity index (χ4n) is 3.41. The largest absolute Gasteiger partial charge is 0.389 e. The Labute approximate surface area is 126 Å². The molecule has 2 atom stereocenters. The van der Waals surface area contributed by atoms with E-state index in [4.69, 9.17) is 11.6 Å². The lowest BCUT2D eigenvalue weighted by Crippen LogP contribution is -2.55. The monoisotopic (exact) mass is 294 g/mol. The fourth-order valence-corrected chi connectivity index (χ4v) is 3.72. The summed E-state index contributed by atoms with van der Waals surface area (Å²) < 4.78 is 0. The zero-order valence-corrected chi connectivity index (χ0v) is 12.8. The van der Waals surface area contributed by atoms with Crippen LogP contribution in [-0.2, 0) is 0 Å². The number of hydrogen-bond acceptors (Lipinski definition) is 3. The maximum Gasteiger partial charge on any atom is 0.0762 e. The van der Waals surface area contributed by atoms with Crippen LogP contribution in [0.4, 0.5) is 5.69 Å². The number of nitrogens with zero attached hydrogens (tertiary/aromatic N) is 2. The molecule has 1 aromatic carbocycles. The van der Waals surface area contributed by atoms with Crippen molar-refractivity contribution in [3.05, 3.63) is 28.8 Å². The highest BCUT2D eigenvalue weighted by atomic mass is 35.5. The lowest BCUT2D eigenvalue weighted by Gasteiger charge is -2.45. The molecule has 2 fully saturated rings. The zero-order valence-electron chi connectivity index (χ0n) is 12.1. The van der Waals surface area contributed by atoms with Gasteiger partial charge in [-0.2, -0.15) is 0 Å². The van der Waals surface area contributed by atoms with Crippen LogP contribution in [0.15, 0.2) is 18.2 Å². The molecule has 0 aliphatic carbocycles. The number of anilines is 1. The number of fused-ring (bicyclic) bond motifs is 1. The molecule has 0 radical (unpaired) electrons. The Bertz CT molecular complexity index is 478. The Morgan fingerprint density at radius 1 is 1.25 bits per heavy atom. The van der Waals surface area contributed by atoms with E-state index < -0.39 is 6.10 Å². The molecule has 110 valence electrons. The molecule has 1 unspecified atom stereocenters. The van der Waals surface area contributed by atoms with Crippen LogP contribution in [0.5, 0.6) is 0 Å². The first kappa shape index (κ1) is 14.2. The topological polar surface area (TPSA) is 26.7 Å². The smallest absolute Gasteiger partial charge is 0.0762 e. The third kappa shape index (κ3) is 2.80. The van der Waals surface area contributed by atoms with Crippen molar-refractivity contribution in [3.63, 3.8) is 0 Å². The van der Waals surface area contributed by atoms with Gasteiger partial charge in [0, 0.05) is 25.7 Å². The van der Waals surface area contributed by atoms with Gasteiger partial charge >= 0.3 is 0 Å². The Morgan fingerprint density at radius 3 is 2.85 bits per heavy atom. The maximum absolute atomic E-state index is 9.62. The highest BCUT2D eigenvalue weighted by Gasteiger charge is 2.29. The second-order valence-corrected chi connectivity index (χ2v) is 6.43. The number of piperazine rings is 1. The lowest BCUT2D eigenvalue weighted by molar-refractivity contribution is 0.133. The van der Waals surface area contributed by atoms with Crippen molar-refractivity contribution in [2.75, 3.05) is 31.1 Å². The van der Waals surface area contributed by atoms with Crippen LogP contribution in [0.1, 0.15) is 37.9 Å². The summed E-state index contributed by atoms with van der Waals surface area (Å²) >= 11 is 6.42. The summed E-state index contributed by atoms with van der Waals surface area (Å²) in [5.41, 5.74) is 2.00. The summed E-state index contributed by atoms with van der Waals surface area (Å²) in [5, 5.41) is 10.4. The number of piperidine rings is 1. The molecule has 1 N–H and O–H groups in total. The van der Waals surface area contributed by atoms with Gasteiger partial charge in [0.05, 0.1) is 16.8 Å². The fraction of sp³-hybridized carbons (Fsp3) is 0.625. The van der Waals surface area contributed by atoms with Crippen LogP contribution in [0, 0.1) is 0 Å². The summed E-state index contributed by atoms with van der Waals surface area (Å²) in [6.45, 7) is 6.29. The van der Waals surface area contributed by atoms with Gasteiger partial charge in [0.2, 0.25) is 0 Å². The highest BCUT2D eigenvalue weighted by Crippen LogP contribution is 2.32. The zero-order chi connectivity index (χ0) is 14.1. The summed E-state index contributed by atoms with van der Waals surface area (Å²) in [5.74, 6) is 0. The molecule has 2 heterocycles. The van der Waals surface area contributed by atoms with Crippen molar-refractivity contribution >= 4 is 17.3 Å². The molecule has 3 rings (SSSR count). The van der Waals surface area contributed by atoms with Gasteiger partial charge in [0.25, 0.3) is 0 Å². The Morgan fingerprint density at radius 2 is 2.10 bits per heavy atom. The Kier molecular flexibility index (Phi) is 4.20. The van der Waals surface area contributed by atoms with Crippen LogP contribution in [0.25, 0.3) is 0 Å². The molecule has 20 heavy (non-hydrogen) atoms. The van der Waals surface area contributed by atoms with Crippen molar-refractivity contribution in [2.24, 2.45) is 0 Å². The van der Waals surface area contributed by atoms with Crippen molar-refractivity contribution < 1.29 is 5.11 Å². The van der Waals surface area contributed by atoms with Crippen LogP contribution >= 0.6 is 11.6 Å². The number of hydrogen-bond donors (Lipinski definition) is 1. The third-order valence-corrected chi connectivity index (χ3v) is 4.93. The van der Waals surface area contributed by atoms with E-state index in [1.165, 1.54) is 25.8 Å². The molecule has 0 amide bonds. The average molecular weight is 295 g/mol. The Balaban J connectivity index is 1.76. The van der Waals surface area contributed by atoms with Gasteiger partial charge in [-0.15, -0.1) is 0 Å². The predicted molar refractivity (Wildman–Crippen MR) is 83.5 cm³/mol. The minimum Gasteiger partial charge on any atom is -0.389 e. The van der Waals surface area contributed by atoms with Gasteiger partial charge in [-0.25, -0.2) is 0 Å². The number of benzene rings is 1. The minimum atomic E-state index is -0.461. The van der Waals surface area contributed by atoms with Gasteiger partial charge in [0.1, 0.15) is 0 Å². The van der Waals surface area contributed by atoms with E-state index in [1.807, 2.05) is 12.1 Å². The van der Waals surface area contributed by atoms with E-state index >= 15 is 0 Å². The predicted octanol–water partition coefficient (Wildman–Crippen LogP) is 3.07. The van der Waals surface area contributed by atoms with E-state index in [0.717, 1.165) is 35.9 Å². The number of aliphatic hydroxyl groups excluding tert-OH is 1. The van der Waals surface area contributed by atoms with Crippen LogP contribution in [0.3, 0.4) is 0 Å². The summed E-state index contributed by atoms with van der Waals surface area (Å²) in [6.07, 6.45) is 3.54. The molecular weight excluding hydrogens is 272 g/mol. The number of rotatable bonds is 2. The minimum absolute atomic E-state index is 0.461. The van der Waals surface area contributed by atoms with E-state index in [9.17, 15) is 5.11 Å². The van der Waals surface area contributed by atoms with Crippen LogP contribution in [-0.4, -0.2) is 42.2 Å². The second kappa shape index (κ2) is 5.92. The van der Waals surface area contributed by atoms with Gasteiger partial charge < -0.3 is 10.0 Å². The molecule has 0 bridgehead atoms. The first-order valence-electron chi connectivity index (χ1n) is 7.61. The van der Waals surface area contributed by atoms with E-state index in [2.05, 4.69) is 15.9 Å². The summed E-state index contributed by atoms with van der Waals surface area (Å²) in [6, 6.07) is 6.63. The molecule has 1 aromatic rings. The van der Waals surface area contributed by atoms with Crippen molar-refractivity contribution in [3.8, 4) is 0 Å². The van der Waals surface area contributed by atoms with E-state index in [1.54, 1.807) is 6.92 Å². The Hall–Kier alpha value is -0.770. The number of aliphatic hydroxyl groups is 1. The third-order valence-electron chi connectivity index (χ3n) is 4.63. The van der Waals surface area contributed by atoms with Crippen LogP contribution in [0.2, 0.25) is 5.02 Å². The number of halogens is 1. The molecule has 0 spiro atoms. The van der Waals surface area contributed by atoms with Gasteiger partial charge in [-0.3, -0.25) is 4.90 Å². The molecule has 0 aromatic heterocycles. The summed E-state index contributed by atoms with van der Waals surface area (Å²) in [4.78, 5) is 5.03. The van der Waals surface area contributed by atoms with Crippen molar-refractivity contribution in [1.29, 1.82) is 0 Å². The van der Waals surface area contributed by atoms with Gasteiger partial charge in [-0.05, 0) is 44.0 Å². The highest BCUT2D eigenvalue weighted by molar-refractivity contribution is 6.33. The second-order valence-electron chi connectivity index (χ2n) is 6.02. The molecule has 3 nitrogen and oxygen atoms in total. The normalized spacial score (nSPS) is 25.4. The SMILES string of the molecule is C[C@H](O)c1ccc(N2CCN3CCCCC3C2)c(Cl)c1. The first-order chi connectivity index (χ1) is 9.65. The molecular formula is C16H23ClN2O. The van der Waals surface area contributed by atoms with Crippen molar-refractivity contribution in [2.45, 2.75) is 38.3 Å². The van der Waals surface area contributed by atoms with Gasteiger partial charge in [0.15, 0.2) is 0 Å². The van der Waals surface area contributed by atoms with E-state index in [-0.39, 0.29) is 0 Å². The quantitative estimate of drug-likeness (QED) is 0.908. The molecule has 0 saturated carbocycles. The lowest BCUT2D eigenvalue weighted by atomic mass is 9.99.